The summed E-state index contributed by atoms with van der Waals surface area (Å²) in [5.41, 5.74) is 0.459. The normalized spacial score (nSPS) is 18.7. The number of hydrogen-bond acceptors (Lipinski definition) is 7. The van der Waals surface area contributed by atoms with E-state index in [9.17, 15) is 19.7 Å². The van der Waals surface area contributed by atoms with Gasteiger partial charge in [0.15, 0.2) is 5.92 Å². The molecule has 8 nitrogen and oxygen atoms in total. The van der Waals surface area contributed by atoms with Crippen LogP contribution in [0.3, 0.4) is 0 Å². The van der Waals surface area contributed by atoms with Gasteiger partial charge in [-0.05, 0) is 17.7 Å². The van der Waals surface area contributed by atoms with Crippen LogP contribution in [0.5, 0.6) is 5.75 Å². The van der Waals surface area contributed by atoms with E-state index in [0.717, 1.165) is 0 Å². The Labute approximate surface area is 132 Å². The van der Waals surface area contributed by atoms with Crippen LogP contribution in [0, 0.1) is 16.0 Å². The Morgan fingerprint density at radius 1 is 1.22 bits per heavy atom. The van der Waals surface area contributed by atoms with Gasteiger partial charge in [0.25, 0.3) is 5.79 Å². The molecular formula is C15H17NO7. The lowest BCUT2D eigenvalue weighted by molar-refractivity contribution is -0.484. The largest absolute Gasteiger partial charge is 0.497 e. The summed E-state index contributed by atoms with van der Waals surface area (Å²) in [5.74, 6) is -4.82. The first kappa shape index (κ1) is 16.7. The van der Waals surface area contributed by atoms with Crippen molar-refractivity contribution in [3.63, 3.8) is 0 Å². The Hall–Kier alpha value is -2.64. The lowest BCUT2D eigenvalue weighted by atomic mass is 9.85. The third-order valence-corrected chi connectivity index (χ3v) is 3.49. The second kappa shape index (κ2) is 6.23. The van der Waals surface area contributed by atoms with Crippen LogP contribution >= 0.6 is 0 Å². The highest BCUT2D eigenvalue weighted by molar-refractivity contribution is 5.97. The molecule has 0 N–H and O–H groups in total. The summed E-state index contributed by atoms with van der Waals surface area (Å²) in [5, 5.41) is 11.0. The third-order valence-electron chi connectivity index (χ3n) is 3.49. The maximum absolute atomic E-state index is 12.2. The van der Waals surface area contributed by atoms with Crippen LogP contribution in [0.2, 0.25) is 0 Å². The van der Waals surface area contributed by atoms with E-state index in [1.54, 1.807) is 24.3 Å². The zero-order valence-corrected chi connectivity index (χ0v) is 13.0. The first-order valence-corrected chi connectivity index (χ1v) is 6.95. The summed E-state index contributed by atoms with van der Waals surface area (Å²) in [6, 6.07) is 6.36. The molecule has 0 saturated carbocycles. The van der Waals surface area contributed by atoms with E-state index in [1.807, 2.05) is 0 Å². The number of benzene rings is 1. The number of carbonyl (C=O) groups is 2. The highest BCUT2D eigenvalue weighted by Gasteiger charge is 2.49. The maximum Gasteiger partial charge on any atom is 0.324 e. The molecule has 0 radical (unpaired) electrons. The third kappa shape index (κ3) is 3.77. The summed E-state index contributed by atoms with van der Waals surface area (Å²) in [6.07, 6.45) is 0. The quantitative estimate of drug-likeness (QED) is 0.350. The standard InChI is InChI=1S/C15H17NO7/c1-15(2)22-13(17)12(14(18)23-15)11(8-16(19)20)9-4-6-10(21-3)7-5-9/h4-7,11-12H,8H2,1-3H3. The molecular weight excluding hydrogens is 306 g/mol. The van der Waals surface area contributed by atoms with Gasteiger partial charge in [-0.15, -0.1) is 0 Å². The van der Waals surface area contributed by atoms with Crippen molar-refractivity contribution in [1.82, 2.24) is 0 Å². The molecule has 0 aromatic heterocycles. The lowest BCUT2D eigenvalue weighted by Gasteiger charge is -2.35. The van der Waals surface area contributed by atoms with Gasteiger partial charge in [0.05, 0.1) is 13.0 Å². The Kier molecular flexibility index (Phi) is 4.53. The molecule has 1 aliphatic heterocycles. The highest BCUT2D eigenvalue weighted by Crippen LogP contribution is 2.34. The smallest absolute Gasteiger partial charge is 0.324 e. The van der Waals surface area contributed by atoms with E-state index in [2.05, 4.69) is 0 Å². The van der Waals surface area contributed by atoms with E-state index in [0.29, 0.717) is 11.3 Å². The Balaban J connectivity index is 2.35. The van der Waals surface area contributed by atoms with Crippen LogP contribution in [0.15, 0.2) is 24.3 Å². The number of rotatable bonds is 5. The van der Waals surface area contributed by atoms with Crippen molar-refractivity contribution in [3.05, 3.63) is 39.9 Å². The highest BCUT2D eigenvalue weighted by atomic mass is 16.7. The molecule has 8 heteroatoms. The van der Waals surface area contributed by atoms with Crippen LogP contribution in [0.1, 0.15) is 25.3 Å². The maximum atomic E-state index is 12.2. The van der Waals surface area contributed by atoms with Crippen LogP contribution in [-0.2, 0) is 19.1 Å². The topological polar surface area (TPSA) is 105 Å². The fourth-order valence-electron chi connectivity index (χ4n) is 2.47. The van der Waals surface area contributed by atoms with Crippen LogP contribution in [0.4, 0.5) is 0 Å². The molecule has 124 valence electrons. The molecule has 0 spiro atoms. The van der Waals surface area contributed by atoms with Gasteiger partial charge in [-0.2, -0.15) is 0 Å². The van der Waals surface area contributed by atoms with Crippen molar-refractivity contribution in [1.29, 1.82) is 0 Å². The van der Waals surface area contributed by atoms with Crippen LogP contribution in [-0.4, -0.2) is 36.3 Å². The molecule has 1 heterocycles. The number of ether oxygens (including phenoxy) is 3. The molecule has 0 amide bonds. The van der Waals surface area contributed by atoms with Crippen molar-refractivity contribution < 1.29 is 28.7 Å². The Bertz CT molecular complexity index is 603. The SMILES string of the molecule is COc1ccc(C(C[N+](=O)[O-])C2C(=O)OC(C)(C)OC2=O)cc1. The monoisotopic (exact) mass is 323 g/mol. The molecule has 1 atom stereocenters. The number of carbonyl (C=O) groups excluding carboxylic acids is 2. The van der Waals surface area contributed by atoms with Gasteiger partial charge < -0.3 is 14.2 Å². The average Bonchev–Trinajstić information content (AvgIpc) is 2.44. The van der Waals surface area contributed by atoms with Gasteiger partial charge in [-0.3, -0.25) is 19.7 Å². The van der Waals surface area contributed by atoms with Crippen LogP contribution in [0.25, 0.3) is 0 Å². The molecule has 0 bridgehead atoms. The minimum atomic E-state index is -1.37. The molecule has 2 rings (SSSR count). The van der Waals surface area contributed by atoms with E-state index in [-0.39, 0.29) is 0 Å². The van der Waals surface area contributed by atoms with Gasteiger partial charge in [-0.1, -0.05) is 12.1 Å². The average molecular weight is 323 g/mol. The first-order chi connectivity index (χ1) is 10.7. The summed E-state index contributed by atoms with van der Waals surface area (Å²) in [6.45, 7) is 2.26. The number of esters is 2. The van der Waals surface area contributed by atoms with Crippen molar-refractivity contribution in [2.45, 2.75) is 25.6 Å². The second-order valence-corrected chi connectivity index (χ2v) is 5.61. The molecule has 1 aromatic rings. The number of cyclic esters (lactones) is 2. The number of nitro groups is 1. The predicted octanol–water partition coefficient (Wildman–Crippen LogP) is 1.51. The summed E-state index contributed by atoms with van der Waals surface area (Å²) in [4.78, 5) is 34.7. The molecule has 1 saturated heterocycles. The fraction of sp³-hybridized carbons (Fsp3) is 0.467. The summed E-state index contributed by atoms with van der Waals surface area (Å²) in [7, 11) is 1.49. The number of hydrogen-bond donors (Lipinski definition) is 0. The van der Waals surface area contributed by atoms with Gasteiger partial charge in [0, 0.05) is 18.8 Å². The predicted molar refractivity (Wildman–Crippen MR) is 77.3 cm³/mol. The van der Waals surface area contributed by atoms with Gasteiger partial charge in [-0.25, -0.2) is 0 Å². The van der Waals surface area contributed by atoms with E-state index in [4.69, 9.17) is 14.2 Å². The summed E-state index contributed by atoms with van der Waals surface area (Å²) < 4.78 is 15.1. The fourth-order valence-corrected chi connectivity index (χ4v) is 2.47. The zero-order chi connectivity index (χ0) is 17.2. The van der Waals surface area contributed by atoms with Crippen LogP contribution < -0.4 is 4.74 Å². The molecule has 0 aliphatic carbocycles. The summed E-state index contributed by atoms with van der Waals surface area (Å²) >= 11 is 0. The second-order valence-electron chi connectivity index (χ2n) is 5.61. The number of methoxy groups -OCH3 is 1. The minimum Gasteiger partial charge on any atom is -0.497 e. The van der Waals surface area contributed by atoms with Crippen molar-refractivity contribution in [2.24, 2.45) is 5.92 Å². The van der Waals surface area contributed by atoms with Gasteiger partial charge >= 0.3 is 11.9 Å². The molecule has 1 aromatic carbocycles. The van der Waals surface area contributed by atoms with E-state index >= 15 is 0 Å². The molecule has 1 aliphatic rings. The van der Waals surface area contributed by atoms with Gasteiger partial charge in [0.1, 0.15) is 5.75 Å². The lowest BCUT2D eigenvalue weighted by Crippen LogP contribution is -2.49. The molecule has 23 heavy (non-hydrogen) atoms. The Morgan fingerprint density at radius 3 is 2.17 bits per heavy atom. The molecule has 1 fully saturated rings. The van der Waals surface area contributed by atoms with Crippen molar-refractivity contribution in [2.75, 3.05) is 13.7 Å². The van der Waals surface area contributed by atoms with E-state index < -0.39 is 41.0 Å². The zero-order valence-electron chi connectivity index (χ0n) is 13.0. The first-order valence-electron chi connectivity index (χ1n) is 6.95. The van der Waals surface area contributed by atoms with Crippen molar-refractivity contribution in [3.8, 4) is 5.75 Å². The molecule has 1 unspecified atom stereocenters. The van der Waals surface area contributed by atoms with E-state index in [1.165, 1.54) is 21.0 Å². The minimum absolute atomic E-state index is 0.459. The van der Waals surface area contributed by atoms with Gasteiger partial charge in [0.2, 0.25) is 6.54 Å². The number of nitrogens with zero attached hydrogens (tertiary/aromatic N) is 1. The van der Waals surface area contributed by atoms with Crippen molar-refractivity contribution >= 4 is 11.9 Å². The Morgan fingerprint density at radius 2 is 1.74 bits per heavy atom.